The quantitative estimate of drug-likeness (QED) is 0.727. The highest BCUT2D eigenvalue weighted by molar-refractivity contribution is 5.15. The molecule has 0 bridgehead atoms. The zero-order valence-electron chi connectivity index (χ0n) is 12.2. The van der Waals surface area contributed by atoms with Crippen molar-refractivity contribution in [2.45, 2.75) is 26.2 Å². The highest BCUT2D eigenvalue weighted by Crippen LogP contribution is 2.01. The van der Waals surface area contributed by atoms with Gasteiger partial charge in [0.25, 0.3) is 0 Å². The Morgan fingerprint density at radius 2 is 2.25 bits per heavy atom. The maximum atomic E-state index is 7.47. The van der Waals surface area contributed by atoms with Gasteiger partial charge in [-0.15, -0.1) is 0 Å². The molecular weight excluding hydrogens is 146 g/mol. The molecule has 0 aliphatic carbocycles. The average molecular weight is 168 g/mol. The van der Waals surface area contributed by atoms with Crippen molar-refractivity contribution < 1.29 is 6.85 Å². The number of likely N-dealkylation sites (N-methyl/N-ethyl adjacent to an activating group) is 1. The van der Waals surface area contributed by atoms with Gasteiger partial charge in [-0.25, -0.2) is 0 Å². The number of benzene rings is 1. The lowest BCUT2D eigenvalue weighted by Gasteiger charge is -2.11. The zero-order chi connectivity index (χ0) is 13.1. The molecule has 0 radical (unpaired) electrons. The molecule has 1 nitrogen and oxygen atoms in total. The first-order valence-corrected chi connectivity index (χ1v) is 4.04. The van der Waals surface area contributed by atoms with Crippen LogP contribution in [0.4, 0.5) is 0 Å². The molecule has 1 rings (SSSR count). The van der Waals surface area contributed by atoms with E-state index in [0.29, 0.717) is 6.42 Å². The minimum atomic E-state index is -2.65. The van der Waals surface area contributed by atoms with Crippen LogP contribution in [0.2, 0.25) is 0 Å². The van der Waals surface area contributed by atoms with E-state index < -0.39 is 13.3 Å². The molecule has 0 aliphatic rings. The Morgan fingerprint density at radius 3 is 2.92 bits per heavy atom. The van der Waals surface area contributed by atoms with E-state index in [1.54, 1.807) is 6.92 Å². The van der Waals surface area contributed by atoms with Crippen molar-refractivity contribution >= 4 is 0 Å². The van der Waals surface area contributed by atoms with Gasteiger partial charge in [0.05, 0.1) is 0 Å². The van der Waals surface area contributed by atoms with Gasteiger partial charge in [-0.05, 0) is 25.4 Å². The van der Waals surface area contributed by atoms with Crippen molar-refractivity contribution in [2.24, 2.45) is 0 Å². The molecule has 0 amide bonds. The maximum Gasteiger partial charge on any atom is 0.0425 e. The molecule has 1 atom stereocenters. The van der Waals surface area contributed by atoms with Crippen LogP contribution in [0.3, 0.4) is 0 Å². The van der Waals surface area contributed by atoms with Crippen molar-refractivity contribution in [3.05, 3.63) is 35.9 Å². The summed E-state index contributed by atoms with van der Waals surface area (Å²) in [6.45, 7) is -3.24. The molecule has 0 fully saturated rings. The van der Waals surface area contributed by atoms with Crippen LogP contribution in [0.25, 0.3) is 0 Å². The van der Waals surface area contributed by atoms with Crippen molar-refractivity contribution in [1.29, 1.82) is 0 Å². The topological polar surface area (TPSA) is 12.0 Å². The van der Waals surface area contributed by atoms with E-state index in [1.807, 2.05) is 30.3 Å². The smallest absolute Gasteiger partial charge is 0.0425 e. The number of nitrogens with one attached hydrogen (secondary N) is 1. The summed E-state index contributed by atoms with van der Waals surface area (Å²) in [7, 11) is 0. The van der Waals surface area contributed by atoms with E-state index in [2.05, 4.69) is 5.32 Å². The minimum absolute atomic E-state index is 0.243. The third-order valence-corrected chi connectivity index (χ3v) is 1.70. The Bertz CT molecular complexity index is 347. The molecule has 1 aromatic rings. The fourth-order valence-electron chi connectivity index (χ4n) is 1.14. The summed E-state index contributed by atoms with van der Waals surface area (Å²) >= 11 is 0. The first-order valence-electron chi connectivity index (χ1n) is 6.54. The average Bonchev–Trinajstić information content (AvgIpc) is 2.16. The van der Waals surface area contributed by atoms with Gasteiger partial charge >= 0.3 is 0 Å². The van der Waals surface area contributed by atoms with E-state index >= 15 is 0 Å². The standard InChI is InChI=1S/C11H17N/c1-3-12-10(2)9-11-7-5-4-6-8-11/h4-8,10,12H,3,9H2,1-2H3/t10-/m1/s1/i1D3,3D2. The van der Waals surface area contributed by atoms with Gasteiger partial charge in [0.15, 0.2) is 0 Å². The first-order chi connectivity index (χ1) is 7.72. The monoisotopic (exact) mass is 168 g/mol. The highest BCUT2D eigenvalue weighted by Gasteiger charge is 1.99. The molecule has 0 heterocycles. The number of hydrogen-bond donors (Lipinski definition) is 1. The summed E-state index contributed by atoms with van der Waals surface area (Å²) in [5.41, 5.74) is 1.05. The van der Waals surface area contributed by atoms with Crippen LogP contribution < -0.4 is 5.32 Å². The van der Waals surface area contributed by atoms with Gasteiger partial charge in [-0.1, -0.05) is 37.2 Å². The SMILES string of the molecule is [2H]C([2H])([2H])C([2H])([2H])N[C@H](C)Cc1ccccc1. The molecule has 12 heavy (non-hydrogen) atoms. The highest BCUT2D eigenvalue weighted by atomic mass is 14.9. The third-order valence-electron chi connectivity index (χ3n) is 1.70. The molecule has 0 unspecified atom stereocenters. The molecule has 0 spiro atoms. The summed E-state index contributed by atoms with van der Waals surface area (Å²) in [6, 6.07) is 9.34. The molecule has 1 heteroatoms. The van der Waals surface area contributed by atoms with Crippen LogP contribution in [0, 0.1) is 0 Å². The second-order valence-corrected chi connectivity index (χ2v) is 2.86. The summed E-state index contributed by atoms with van der Waals surface area (Å²) < 4.78 is 36.2. The molecule has 0 aromatic heterocycles. The lowest BCUT2D eigenvalue weighted by molar-refractivity contribution is 0.565. The fraction of sp³-hybridized carbons (Fsp3) is 0.455. The van der Waals surface area contributed by atoms with Gasteiger partial charge < -0.3 is 5.32 Å². The third kappa shape index (κ3) is 3.05. The van der Waals surface area contributed by atoms with E-state index in [-0.39, 0.29) is 6.04 Å². The molecule has 1 N–H and O–H groups in total. The van der Waals surface area contributed by atoms with Gasteiger partial charge in [0, 0.05) is 12.9 Å². The van der Waals surface area contributed by atoms with Crippen LogP contribution in [0.1, 0.15) is 26.2 Å². The first kappa shape index (κ1) is 4.43. The lowest BCUT2D eigenvalue weighted by atomic mass is 10.1. The fourth-order valence-corrected chi connectivity index (χ4v) is 1.14. The number of hydrogen-bond acceptors (Lipinski definition) is 1. The van der Waals surface area contributed by atoms with Gasteiger partial charge in [-0.3, -0.25) is 0 Å². The lowest BCUT2D eigenvalue weighted by Crippen LogP contribution is -2.27. The van der Waals surface area contributed by atoms with Crippen molar-refractivity contribution in [3.63, 3.8) is 0 Å². The minimum Gasteiger partial charge on any atom is -0.314 e. The van der Waals surface area contributed by atoms with E-state index in [0.717, 1.165) is 5.56 Å². The van der Waals surface area contributed by atoms with E-state index in [9.17, 15) is 0 Å². The van der Waals surface area contributed by atoms with Crippen LogP contribution >= 0.6 is 0 Å². The maximum absolute atomic E-state index is 7.47. The van der Waals surface area contributed by atoms with Gasteiger partial charge in [0.2, 0.25) is 0 Å². The largest absolute Gasteiger partial charge is 0.314 e. The Hall–Kier alpha value is -0.820. The van der Waals surface area contributed by atoms with Crippen LogP contribution in [0.15, 0.2) is 30.3 Å². The second kappa shape index (κ2) is 4.94. The van der Waals surface area contributed by atoms with Gasteiger partial charge in [-0.2, -0.15) is 0 Å². The molecule has 0 saturated carbocycles. The van der Waals surface area contributed by atoms with E-state index in [1.165, 1.54) is 0 Å². The van der Waals surface area contributed by atoms with Crippen LogP contribution in [0.5, 0.6) is 0 Å². The molecule has 0 aliphatic heterocycles. The molecule has 66 valence electrons. The summed E-state index contributed by atoms with van der Waals surface area (Å²) in [4.78, 5) is 0. The Balaban J connectivity index is 2.59. The predicted octanol–water partition coefficient (Wildman–Crippen LogP) is 2.23. The normalized spacial score (nSPS) is 21.2. The van der Waals surface area contributed by atoms with Crippen molar-refractivity contribution in [1.82, 2.24) is 5.32 Å². The summed E-state index contributed by atoms with van der Waals surface area (Å²) in [5.74, 6) is 0. The second-order valence-electron chi connectivity index (χ2n) is 2.86. The molecule has 1 aromatic carbocycles. The molecular formula is C11H17N. The van der Waals surface area contributed by atoms with Crippen LogP contribution in [-0.2, 0) is 6.42 Å². The number of rotatable bonds is 4. The van der Waals surface area contributed by atoms with E-state index in [4.69, 9.17) is 6.85 Å². The summed E-state index contributed by atoms with van der Waals surface area (Å²) in [6.07, 6.45) is 0.594. The van der Waals surface area contributed by atoms with Crippen LogP contribution in [-0.4, -0.2) is 12.5 Å². The Morgan fingerprint density at radius 1 is 1.50 bits per heavy atom. The van der Waals surface area contributed by atoms with Crippen molar-refractivity contribution in [2.75, 3.05) is 6.50 Å². The Labute approximate surface area is 81.8 Å². The van der Waals surface area contributed by atoms with Crippen molar-refractivity contribution in [3.8, 4) is 0 Å². The summed E-state index contributed by atoms with van der Waals surface area (Å²) in [5, 5.41) is 2.52. The Kier molecular flexibility index (Phi) is 1.82. The van der Waals surface area contributed by atoms with Gasteiger partial charge in [0.1, 0.15) is 0 Å². The zero-order valence-corrected chi connectivity index (χ0v) is 7.17. The molecule has 0 saturated heterocycles. The predicted molar refractivity (Wildman–Crippen MR) is 53.3 cm³/mol.